The lowest BCUT2D eigenvalue weighted by atomic mass is 10.4. The number of hydrogen-bond donors (Lipinski definition) is 1. The Morgan fingerprint density at radius 2 is 2.29 bits per heavy atom. The molecule has 0 spiro atoms. The van der Waals surface area contributed by atoms with Gasteiger partial charge in [-0.2, -0.15) is 5.10 Å². The van der Waals surface area contributed by atoms with Gasteiger partial charge < -0.3 is 5.11 Å². The van der Waals surface area contributed by atoms with Gasteiger partial charge in [-0.05, 0) is 6.92 Å². The summed E-state index contributed by atoms with van der Waals surface area (Å²) in [5.74, 6) is 1.21. The number of aliphatic hydroxyl groups is 1. The second-order valence-electron chi connectivity index (χ2n) is 3.04. The van der Waals surface area contributed by atoms with E-state index < -0.39 is 0 Å². The fraction of sp³-hybridized carbons (Fsp3) is 0.375. The van der Waals surface area contributed by atoms with Crippen LogP contribution < -0.4 is 0 Å². The molecule has 2 aromatic heterocycles. The Morgan fingerprint density at radius 3 is 2.86 bits per heavy atom. The number of aromatic nitrogens is 5. The summed E-state index contributed by atoms with van der Waals surface area (Å²) in [7, 11) is 1.86. The second-order valence-corrected chi connectivity index (χ2v) is 3.04. The Balaban J connectivity index is 2.49. The summed E-state index contributed by atoms with van der Waals surface area (Å²) in [6, 6.07) is 1.91. The Bertz CT molecular complexity index is 425. The molecule has 14 heavy (non-hydrogen) atoms. The number of aliphatic hydroxyl groups excluding tert-OH is 1. The van der Waals surface area contributed by atoms with Crippen LogP contribution in [0.1, 0.15) is 11.5 Å². The molecule has 0 aliphatic heterocycles. The molecule has 0 bridgehead atoms. The fourth-order valence-corrected chi connectivity index (χ4v) is 1.22. The molecule has 2 rings (SSSR count). The van der Waals surface area contributed by atoms with Crippen LogP contribution in [0, 0.1) is 6.92 Å². The van der Waals surface area contributed by atoms with E-state index in [9.17, 15) is 0 Å². The molecule has 0 unspecified atom stereocenters. The predicted molar refractivity (Wildman–Crippen MR) is 48.8 cm³/mol. The first-order valence-corrected chi connectivity index (χ1v) is 4.23. The molecule has 0 amide bonds. The van der Waals surface area contributed by atoms with Crippen LogP contribution in [0.3, 0.4) is 0 Å². The van der Waals surface area contributed by atoms with E-state index in [1.807, 2.05) is 20.0 Å². The van der Waals surface area contributed by atoms with Crippen LogP contribution in [0.25, 0.3) is 5.82 Å². The number of hydrogen-bond acceptors (Lipinski definition) is 4. The number of aryl methyl sites for hydroxylation is 2. The summed E-state index contributed by atoms with van der Waals surface area (Å²) >= 11 is 0. The van der Waals surface area contributed by atoms with E-state index >= 15 is 0 Å². The summed E-state index contributed by atoms with van der Waals surface area (Å²) in [5.41, 5.74) is 1.04. The molecule has 0 aliphatic carbocycles. The molecule has 0 saturated carbocycles. The third-order valence-electron chi connectivity index (χ3n) is 2.11. The van der Waals surface area contributed by atoms with Crippen molar-refractivity contribution in [1.29, 1.82) is 0 Å². The smallest absolute Gasteiger partial charge is 0.164 e. The van der Waals surface area contributed by atoms with E-state index in [0.717, 1.165) is 11.5 Å². The average molecular weight is 193 g/mol. The maximum Gasteiger partial charge on any atom is 0.164 e. The van der Waals surface area contributed by atoms with Crippen molar-refractivity contribution in [3.8, 4) is 5.82 Å². The van der Waals surface area contributed by atoms with Gasteiger partial charge >= 0.3 is 0 Å². The quantitative estimate of drug-likeness (QED) is 0.717. The van der Waals surface area contributed by atoms with E-state index in [1.165, 1.54) is 6.33 Å². The van der Waals surface area contributed by atoms with Crippen molar-refractivity contribution >= 4 is 0 Å². The van der Waals surface area contributed by atoms with Gasteiger partial charge in [-0.3, -0.25) is 9.25 Å². The van der Waals surface area contributed by atoms with Gasteiger partial charge in [-0.1, -0.05) is 0 Å². The van der Waals surface area contributed by atoms with Crippen molar-refractivity contribution in [2.24, 2.45) is 7.05 Å². The molecular weight excluding hydrogens is 182 g/mol. The first-order chi connectivity index (χ1) is 6.72. The molecule has 0 radical (unpaired) electrons. The van der Waals surface area contributed by atoms with Crippen LogP contribution >= 0.6 is 0 Å². The highest BCUT2D eigenvalue weighted by molar-refractivity contribution is 5.25. The van der Waals surface area contributed by atoms with Crippen molar-refractivity contribution in [2.75, 3.05) is 0 Å². The lowest BCUT2D eigenvalue weighted by Crippen LogP contribution is -2.01. The van der Waals surface area contributed by atoms with Gasteiger partial charge in [-0.25, -0.2) is 0 Å². The highest BCUT2D eigenvalue weighted by Crippen LogP contribution is 2.09. The summed E-state index contributed by atoms with van der Waals surface area (Å²) in [6.45, 7) is 1.81. The standard InChI is InChI=1S/C8H11N5O/c1-6-3-7(11-12(6)2)13-5-9-10-8(13)4-14/h3,5,14H,4H2,1-2H3. The van der Waals surface area contributed by atoms with Gasteiger partial charge in [-0.15, -0.1) is 10.2 Å². The summed E-state index contributed by atoms with van der Waals surface area (Å²) < 4.78 is 3.42. The van der Waals surface area contributed by atoms with Crippen LogP contribution in [0.15, 0.2) is 12.4 Å². The first kappa shape index (κ1) is 8.89. The maximum atomic E-state index is 8.99. The van der Waals surface area contributed by atoms with E-state index in [4.69, 9.17) is 5.11 Å². The molecule has 0 aliphatic rings. The minimum absolute atomic E-state index is 0.143. The lowest BCUT2D eigenvalue weighted by Gasteiger charge is -1.98. The maximum absolute atomic E-state index is 8.99. The normalized spacial score (nSPS) is 10.8. The van der Waals surface area contributed by atoms with Gasteiger partial charge in [0.15, 0.2) is 11.6 Å². The Morgan fingerprint density at radius 1 is 1.50 bits per heavy atom. The second kappa shape index (κ2) is 3.22. The molecule has 0 saturated heterocycles. The third kappa shape index (κ3) is 1.29. The zero-order chi connectivity index (χ0) is 10.1. The fourth-order valence-electron chi connectivity index (χ4n) is 1.22. The number of nitrogens with zero attached hydrogens (tertiary/aromatic N) is 5. The summed E-state index contributed by atoms with van der Waals surface area (Å²) in [4.78, 5) is 0. The van der Waals surface area contributed by atoms with E-state index in [1.54, 1.807) is 9.25 Å². The van der Waals surface area contributed by atoms with E-state index in [-0.39, 0.29) is 6.61 Å². The van der Waals surface area contributed by atoms with E-state index in [2.05, 4.69) is 15.3 Å². The largest absolute Gasteiger partial charge is 0.388 e. The Kier molecular flexibility index (Phi) is 2.05. The van der Waals surface area contributed by atoms with Crippen molar-refractivity contribution in [1.82, 2.24) is 24.5 Å². The zero-order valence-electron chi connectivity index (χ0n) is 8.05. The Labute approximate surface area is 80.8 Å². The van der Waals surface area contributed by atoms with Crippen molar-refractivity contribution < 1.29 is 5.11 Å². The molecule has 74 valence electrons. The molecule has 0 aromatic carbocycles. The van der Waals surface area contributed by atoms with Gasteiger partial charge in [0, 0.05) is 18.8 Å². The van der Waals surface area contributed by atoms with Crippen LogP contribution in [0.5, 0.6) is 0 Å². The van der Waals surface area contributed by atoms with Gasteiger partial charge in [0.25, 0.3) is 0 Å². The highest BCUT2D eigenvalue weighted by Gasteiger charge is 2.08. The van der Waals surface area contributed by atoms with Crippen LogP contribution in [0.2, 0.25) is 0 Å². The molecule has 6 nitrogen and oxygen atoms in total. The zero-order valence-corrected chi connectivity index (χ0v) is 8.05. The molecule has 0 atom stereocenters. The molecular formula is C8H11N5O. The molecule has 2 heterocycles. The summed E-state index contributed by atoms with van der Waals surface area (Å²) in [6.07, 6.45) is 1.54. The average Bonchev–Trinajstić information content (AvgIpc) is 2.73. The van der Waals surface area contributed by atoms with Crippen LogP contribution in [-0.4, -0.2) is 29.7 Å². The topological polar surface area (TPSA) is 68.8 Å². The van der Waals surface area contributed by atoms with Crippen molar-refractivity contribution in [2.45, 2.75) is 13.5 Å². The Hall–Kier alpha value is -1.69. The van der Waals surface area contributed by atoms with Crippen LogP contribution in [0.4, 0.5) is 0 Å². The molecule has 1 N–H and O–H groups in total. The molecule has 6 heteroatoms. The number of rotatable bonds is 2. The molecule has 0 fully saturated rings. The summed E-state index contributed by atoms with van der Waals surface area (Å²) in [5, 5.41) is 20.7. The third-order valence-corrected chi connectivity index (χ3v) is 2.11. The lowest BCUT2D eigenvalue weighted by molar-refractivity contribution is 0.268. The predicted octanol–water partition coefficient (Wildman–Crippen LogP) is -0.198. The van der Waals surface area contributed by atoms with Gasteiger partial charge in [0.1, 0.15) is 12.9 Å². The van der Waals surface area contributed by atoms with Gasteiger partial charge in [0.05, 0.1) is 0 Å². The highest BCUT2D eigenvalue weighted by atomic mass is 16.3. The SMILES string of the molecule is Cc1cc(-n2cnnc2CO)nn1C. The first-order valence-electron chi connectivity index (χ1n) is 4.23. The van der Waals surface area contributed by atoms with Gasteiger partial charge in [0.2, 0.25) is 0 Å². The van der Waals surface area contributed by atoms with E-state index in [0.29, 0.717) is 5.82 Å². The minimum Gasteiger partial charge on any atom is -0.388 e. The van der Waals surface area contributed by atoms with Crippen molar-refractivity contribution in [3.05, 3.63) is 23.9 Å². The van der Waals surface area contributed by atoms with Crippen molar-refractivity contribution in [3.63, 3.8) is 0 Å². The minimum atomic E-state index is -0.143. The molecule has 2 aromatic rings. The van der Waals surface area contributed by atoms with Crippen LogP contribution in [-0.2, 0) is 13.7 Å². The monoisotopic (exact) mass is 193 g/mol.